The molecule has 5 nitrogen and oxygen atoms in total. The van der Waals surface area contributed by atoms with Gasteiger partial charge in [0, 0.05) is 0 Å². The van der Waals surface area contributed by atoms with E-state index >= 15 is 0 Å². The van der Waals surface area contributed by atoms with E-state index in [-0.39, 0.29) is 5.96 Å². The monoisotopic (exact) mass is 233 g/mol. The lowest BCUT2D eigenvalue weighted by atomic mass is 10.3. The first kappa shape index (κ1) is 11.1. The number of nitrogens with zero attached hydrogens (tertiary/aromatic N) is 1. The molecule has 0 radical (unpaired) electrons. The zero-order chi connectivity index (χ0) is 10.6. The van der Waals surface area contributed by atoms with Crippen molar-refractivity contribution in [1.82, 2.24) is 10.9 Å². The molecule has 0 saturated carbocycles. The SMILES string of the molecule is NNC(=Nc1c(Cl)cccc1Cl)NN. The molecule has 6 N–H and O–H groups in total. The highest BCUT2D eigenvalue weighted by molar-refractivity contribution is 6.38. The maximum Gasteiger partial charge on any atom is 0.225 e. The van der Waals surface area contributed by atoms with Gasteiger partial charge in [0.1, 0.15) is 5.69 Å². The summed E-state index contributed by atoms with van der Waals surface area (Å²) in [7, 11) is 0. The Morgan fingerprint density at radius 1 is 1.14 bits per heavy atom. The van der Waals surface area contributed by atoms with Gasteiger partial charge in [0.2, 0.25) is 5.96 Å². The number of guanidine groups is 1. The molecule has 0 spiro atoms. The van der Waals surface area contributed by atoms with Crippen LogP contribution in [0.25, 0.3) is 0 Å². The van der Waals surface area contributed by atoms with E-state index in [2.05, 4.69) is 15.8 Å². The summed E-state index contributed by atoms with van der Waals surface area (Å²) in [4.78, 5) is 3.98. The minimum Gasteiger partial charge on any atom is -0.293 e. The van der Waals surface area contributed by atoms with E-state index in [0.29, 0.717) is 15.7 Å². The second-order valence-electron chi connectivity index (χ2n) is 2.32. The Bertz CT molecular complexity index is 326. The summed E-state index contributed by atoms with van der Waals surface area (Å²) in [6.07, 6.45) is 0. The summed E-state index contributed by atoms with van der Waals surface area (Å²) < 4.78 is 0. The van der Waals surface area contributed by atoms with Gasteiger partial charge in [-0.25, -0.2) is 16.7 Å². The van der Waals surface area contributed by atoms with Crippen LogP contribution in [0.4, 0.5) is 5.69 Å². The summed E-state index contributed by atoms with van der Waals surface area (Å²) >= 11 is 11.7. The van der Waals surface area contributed by atoms with E-state index in [9.17, 15) is 0 Å². The van der Waals surface area contributed by atoms with Crippen molar-refractivity contribution in [2.45, 2.75) is 0 Å². The van der Waals surface area contributed by atoms with Gasteiger partial charge in [0.05, 0.1) is 10.0 Å². The highest BCUT2D eigenvalue weighted by atomic mass is 35.5. The molecular weight excluding hydrogens is 225 g/mol. The van der Waals surface area contributed by atoms with E-state index in [0.717, 1.165) is 0 Å². The molecule has 0 aliphatic heterocycles. The first-order valence-corrected chi connectivity index (χ1v) is 4.40. The van der Waals surface area contributed by atoms with Crippen molar-refractivity contribution in [3.63, 3.8) is 0 Å². The van der Waals surface area contributed by atoms with E-state index in [1.807, 2.05) is 0 Å². The molecule has 1 aromatic carbocycles. The van der Waals surface area contributed by atoms with Crippen molar-refractivity contribution < 1.29 is 0 Å². The topological polar surface area (TPSA) is 88.5 Å². The van der Waals surface area contributed by atoms with Crippen LogP contribution >= 0.6 is 23.2 Å². The van der Waals surface area contributed by atoms with Crippen LogP contribution in [0.3, 0.4) is 0 Å². The molecule has 14 heavy (non-hydrogen) atoms. The predicted molar refractivity (Wildman–Crippen MR) is 58.2 cm³/mol. The lowest BCUT2D eigenvalue weighted by molar-refractivity contribution is 0.897. The van der Waals surface area contributed by atoms with Gasteiger partial charge in [-0.3, -0.25) is 10.9 Å². The van der Waals surface area contributed by atoms with Crippen LogP contribution in [-0.2, 0) is 0 Å². The van der Waals surface area contributed by atoms with Crippen LogP contribution in [0.1, 0.15) is 0 Å². The van der Waals surface area contributed by atoms with E-state index in [1.165, 1.54) is 0 Å². The molecule has 7 heteroatoms. The molecule has 1 aromatic rings. The van der Waals surface area contributed by atoms with Crippen LogP contribution in [0, 0.1) is 0 Å². The minimum atomic E-state index is 0.167. The number of rotatable bonds is 1. The Balaban J connectivity index is 3.12. The van der Waals surface area contributed by atoms with Gasteiger partial charge in [-0.1, -0.05) is 29.3 Å². The smallest absolute Gasteiger partial charge is 0.225 e. The largest absolute Gasteiger partial charge is 0.293 e. The van der Waals surface area contributed by atoms with Crippen molar-refractivity contribution in [3.8, 4) is 0 Å². The van der Waals surface area contributed by atoms with Gasteiger partial charge in [-0.15, -0.1) is 0 Å². The molecule has 0 amide bonds. The van der Waals surface area contributed by atoms with Gasteiger partial charge < -0.3 is 0 Å². The number of aliphatic imine (C=N–C) groups is 1. The molecule has 0 aromatic heterocycles. The fraction of sp³-hybridized carbons (Fsp3) is 0. The highest BCUT2D eigenvalue weighted by Crippen LogP contribution is 2.32. The maximum atomic E-state index is 5.86. The minimum absolute atomic E-state index is 0.167. The molecule has 1 rings (SSSR count). The van der Waals surface area contributed by atoms with E-state index in [1.54, 1.807) is 18.2 Å². The number of nitrogens with one attached hydrogen (secondary N) is 2. The standard InChI is InChI=1S/C7H9Cl2N5/c8-4-2-1-3-5(9)6(4)12-7(13-10)14-11/h1-3H,10-11H2,(H2,12,13,14). The third kappa shape index (κ3) is 2.49. The molecule has 0 heterocycles. The van der Waals surface area contributed by atoms with Gasteiger partial charge in [0.25, 0.3) is 0 Å². The van der Waals surface area contributed by atoms with Gasteiger partial charge in [-0.2, -0.15) is 0 Å². The molecule has 0 atom stereocenters. The van der Waals surface area contributed by atoms with Crippen molar-refractivity contribution in [2.75, 3.05) is 0 Å². The zero-order valence-corrected chi connectivity index (χ0v) is 8.60. The zero-order valence-electron chi connectivity index (χ0n) is 7.09. The van der Waals surface area contributed by atoms with Crippen LogP contribution in [0.5, 0.6) is 0 Å². The Labute approximate surface area is 91.0 Å². The molecular formula is C7H9Cl2N5. The number of para-hydroxylation sites is 1. The first-order chi connectivity index (χ1) is 6.69. The summed E-state index contributed by atoms with van der Waals surface area (Å²) in [5.74, 6) is 10.4. The molecule has 0 aliphatic carbocycles. The molecule has 0 unspecified atom stereocenters. The molecule has 0 fully saturated rings. The lowest BCUT2D eigenvalue weighted by Crippen LogP contribution is -2.44. The van der Waals surface area contributed by atoms with Gasteiger partial charge >= 0.3 is 0 Å². The molecule has 76 valence electrons. The molecule has 0 bridgehead atoms. The maximum absolute atomic E-state index is 5.86. The van der Waals surface area contributed by atoms with Gasteiger partial charge in [0.15, 0.2) is 0 Å². The Kier molecular flexibility index (Phi) is 3.97. The van der Waals surface area contributed by atoms with Crippen molar-refractivity contribution in [2.24, 2.45) is 16.7 Å². The molecule has 0 aliphatic rings. The Morgan fingerprint density at radius 3 is 2.07 bits per heavy atom. The number of hydrogen-bond acceptors (Lipinski definition) is 3. The first-order valence-electron chi connectivity index (χ1n) is 3.65. The van der Waals surface area contributed by atoms with E-state index in [4.69, 9.17) is 34.9 Å². The van der Waals surface area contributed by atoms with Crippen molar-refractivity contribution in [1.29, 1.82) is 0 Å². The number of benzene rings is 1. The number of hydrogen-bond donors (Lipinski definition) is 4. The highest BCUT2D eigenvalue weighted by Gasteiger charge is 2.04. The summed E-state index contributed by atoms with van der Waals surface area (Å²) in [6.45, 7) is 0. The fourth-order valence-corrected chi connectivity index (χ4v) is 1.30. The number of halogens is 2. The van der Waals surface area contributed by atoms with Crippen molar-refractivity contribution in [3.05, 3.63) is 28.2 Å². The number of hydrazine groups is 2. The number of nitrogens with two attached hydrogens (primary N) is 2. The van der Waals surface area contributed by atoms with E-state index < -0.39 is 0 Å². The average Bonchev–Trinajstić information content (AvgIpc) is 2.18. The lowest BCUT2D eigenvalue weighted by Gasteiger charge is -2.05. The third-order valence-electron chi connectivity index (χ3n) is 1.43. The van der Waals surface area contributed by atoms with Crippen LogP contribution < -0.4 is 22.5 Å². The third-order valence-corrected chi connectivity index (χ3v) is 2.04. The Morgan fingerprint density at radius 2 is 1.64 bits per heavy atom. The predicted octanol–water partition coefficient (Wildman–Crippen LogP) is 0.907. The normalized spacial score (nSPS) is 9.43. The van der Waals surface area contributed by atoms with Crippen molar-refractivity contribution >= 4 is 34.8 Å². The summed E-state index contributed by atoms with van der Waals surface area (Å²) in [5, 5.41) is 0.834. The van der Waals surface area contributed by atoms with Crippen LogP contribution in [-0.4, -0.2) is 5.96 Å². The van der Waals surface area contributed by atoms with Crippen LogP contribution in [0.15, 0.2) is 23.2 Å². The van der Waals surface area contributed by atoms with Gasteiger partial charge in [-0.05, 0) is 12.1 Å². The fourth-order valence-electron chi connectivity index (χ4n) is 0.814. The second-order valence-corrected chi connectivity index (χ2v) is 3.13. The average molecular weight is 234 g/mol. The second kappa shape index (κ2) is 5.02. The summed E-state index contributed by atoms with van der Waals surface area (Å²) in [6, 6.07) is 5.04. The Hall–Kier alpha value is -1.01. The summed E-state index contributed by atoms with van der Waals surface area (Å²) in [5.41, 5.74) is 4.91. The quantitative estimate of drug-likeness (QED) is 0.251. The molecule has 0 saturated heterocycles. The van der Waals surface area contributed by atoms with Crippen LogP contribution in [0.2, 0.25) is 10.0 Å².